The van der Waals surface area contributed by atoms with Gasteiger partial charge in [-0.1, -0.05) is 12.8 Å². The molecule has 1 N–H and O–H groups in total. The molecule has 1 saturated carbocycles. The summed E-state index contributed by atoms with van der Waals surface area (Å²) in [7, 11) is 0. The third-order valence-electron chi connectivity index (χ3n) is 5.85. The van der Waals surface area contributed by atoms with Crippen LogP contribution in [-0.4, -0.2) is 67.2 Å². The van der Waals surface area contributed by atoms with Crippen molar-refractivity contribution in [3.63, 3.8) is 0 Å². The van der Waals surface area contributed by atoms with Crippen LogP contribution in [0.2, 0.25) is 0 Å². The lowest BCUT2D eigenvalue weighted by Gasteiger charge is -2.48. The van der Waals surface area contributed by atoms with Gasteiger partial charge in [0.05, 0.1) is 0 Å². The third kappa shape index (κ3) is 3.73. The minimum Gasteiger partial charge on any atom is -0.369 e. The number of carbonyl (C=O) groups is 1. The van der Waals surface area contributed by atoms with Crippen LogP contribution in [0.5, 0.6) is 0 Å². The Balaban J connectivity index is 1.20. The van der Waals surface area contributed by atoms with Gasteiger partial charge in [0.2, 0.25) is 0 Å². The molecule has 4 rings (SSSR count). The van der Waals surface area contributed by atoms with Gasteiger partial charge in [-0.25, -0.2) is 9.18 Å². The second-order valence-electron chi connectivity index (χ2n) is 7.49. The van der Waals surface area contributed by atoms with E-state index in [9.17, 15) is 9.18 Å². The maximum absolute atomic E-state index is 13.0. The van der Waals surface area contributed by atoms with Crippen molar-refractivity contribution in [1.82, 2.24) is 15.1 Å². The summed E-state index contributed by atoms with van der Waals surface area (Å²) in [4.78, 5) is 19.0. The maximum atomic E-state index is 13.0. The molecule has 0 atom stereocenters. The van der Waals surface area contributed by atoms with Gasteiger partial charge in [0, 0.05) is 57.0 Å². The van der Waals surface area contributed by atoms with Gasteiger partial charge in [-0.3, -0.25) is 4.90 Å². The minimum atomic E-state index is -0.187. The Labute approximate surface area is 148 Å². The van der Waals surface area contributed by atoms with E-state index >= 15 is 0 Å². The predicted octanol–water partition coefficient (Wildman–Crippen LogP) is 2.28. The number of likely N-dealkylation sites (tertiary alicyclic amines) is 1. The van der Waals surface area contributed by atoms with Crippen molar-refractivity contribution in [1.29, 1.82) is 0 Å². The van der Waals surface area contributed by atoms with Gasteiger partial charge in [0.15, 0.2) is 0 Å². The van der Waals surface area contributed by atoms with Crippen LogP contribution in [0.3, 0.4) is 0 Å². The molecule has 2 heterocycles. The summed E-state index contributed by atoms with van der Waals surface area (Å²) in [6.07, 6.45) is 4.75. The van der Waals surface area contributed by atoms with Crippen molar-refractivity contribution in [3.05, 3.63) is 30.1 Å². The van der Waals surface area contributed by atoms with Gasteiger partial charge in [0.25, 0.3) is 0 Å². The van der Waals surface area contributed by atoms with Crippen molar-refractivity contribution in [2.45, 2.75) is 37.8 Å². The summed E-state index contributed by atoms with van der Waals surface area (Å²) >= 11 is 0. The first-order valence-corrected chi connectivity index (χ1v) is 9.49. The summed E-state index contributed by atoms with van der Waals surface area (Å²) in [5.41, 5.74) is 1.09. The highest BCUT2D eigenvalue weighted by molar-refractivity contribution is 5.75. The molecule has 5 nitrogen and oxygen atoms in total. The highest BCUT2D eigenvalue weighted by Crippen LogP contribution is 2.22. The van der Waals surface area contributed by atoms with Gasteiger partial charge in [-0.15, -0.1) is 0 Å². The van der Waals surface area contributed by atoms with Crippen molar-refractivity contribution in [3.8, 4) is 0 Å². The molecule has 3 aliphatic rings. The average Bonchev–Trinajstić information content (AvgIpc) is 3.08. The molecule has 0 radical (unpaired) electrons. The van der Waals surface area contributed by atoms with Crippen LogP contribution in [0.25, 0.3) is 0 Å². The second-order valence-corrected chi connectivity index (χ2v) is 7.49. The Kier molecular flexibility index (Phi) is 4.79. The minimum absolute atomic E-state index is 0.119. The van der Waals surface area contributed by atoms with Crippen LogP contribution in [0, 0.1) is 5.82 Å². The summed E-state index contributed by atoms with van der Waals surface area (Å²) in [6, 6.07) is 7.75. The van der Waals surface area contributed by atoms with E-state index in [2.05, 4.69) is 15.1 Å². The number of halogens is 1. The van der Waals surface area contributed by atoms with Gasteiger partial charge >= 0.3 is 6.03 Å². The topological polar surface area (TPSA) is 38.8 Å². The summed E-state index contributed by atoms with van der Waals surface area (Å²) < 4.78 is 13.0. The number of hydrogen-bond acceptors (Lipinski definition) is 3. The molecule has 0 spiro atoms. The standard InChI is InChI=1S/C19H27FN4O/c20-15-5-7-17(8-6-15)22-9-11-23(12-10-22)18-13-24(14-18)19(25)21-16-3-1-2-4-16/h5-8,16,18H,1-4,9-14H2,(H,21,25). The number of amides is 2. The first-order valence-electron chi connectivity index (χ1n) is 9.49. The van der Waals surface area contributed by atoms with Gasteiger partial charge < -0.3 is 15.1 Å². The Morgan fingerprint density at radius 1 is 1.00 bits per heavy atom. The van der Waals surface area contributed by atoms with Crippen molar-refractivity contribution < 1.29 is 9.18 Å². The zero-order valence-electron chi connectivity index (χ0n) is 14.7. The molecule has 6 heteroatoms. The second kappa shape index (κ2) is 7.20. The molecule has 0 unspecified atom stereocenters. The molecule has 3 fully saturated rings. The number of nitrogens with zero attached hydrogens (tertiary/aromatic N) is 3. The molecule has 1 aromatic carbocycles. The molecule has 136 valence electrons. The zero-order chi connectivity index (χ0) is 17.2. The lowest BCUT2D eigenvalue weighted by molar-refractivity contribution is 0.0522. The van der Waals surface area contributed by atoms with E-state index in [4.69, 9.17) is 0 Å². The maximum Gasteiger partial charge on any atom is 0.317 e. The van der Waals surface area contributed by atoms with E-state index in [0.717, 1.165) is 57.8 Å². The van der Waals surface area contributed by atoms with Crippen LogP contribution in [0.4, 0.5) is 14.9 Å². The third-order valence-corrected chi connectivity index (χ3v) is 5.85. The highest BCUT2D eigenvalue weighted by atomic mass is 19.1. The van der Waals surface area contributed by atoms with Gasteiger partial charge in [-0.05, 0) is 37.1 Å². The highest BCUT2D eigenvalue weighted by Gasteiger charge is 2.36. The average molecular weight is 346 g/mol. The molecular formula is C19H27FN4O. The first-order chi connectivity index (χ1) is 12.2. The molecule has 1 aromatic rings. The lowest BCUT2D eigenvalue weighted by Crippen LogP contribution is -2.66. The molecule has 1 aliphatic carbocycles. The fourth-order valence-electron chi connectivity index (χ4n) is 4.19. The van der Waals surface area contributed by atoms with Gasteiger partial charge in [0.1, 0.15) is 5.82 Å². The van der Waals surface area contributed by atoms with E-state index in [1.807, 2.05) is 17.0 Å². The van der Waals surface area contributed by atoms with E-state index in [1.54, 1.807) is 0 Å². The molecule has 25 heavy (non-hydrogen) atoms. The molecule has 0 aromatic heterocycles. The number of piperazine rings is 1. The SMILES string of the molecule is O=C(NC1CCCC1)N1CC(N2CCN(c3ccc(F)cc3)CC2)C1. The molecule has 2 saturated heterocycles. The zero-order valence-corrected chi connectivity index (χ0v) is 14.7. The smallest absolute Gasteiger partial charge is 0.317 e. The fourth-order valence-corrected chi connectivity index (χ4v) is 4.19. The monoisotopic (exact) mass is 346 g/mol. The van der Waals surface area contributed by atoms with Crippen molar-refractivity contribution in [2.24, 2.45) is 0 Å². The van der Waals surface area contributed by atoms with Crippen molar-refractivity contribution >= 4 is 11.7 Å². The summed E-state index contributed by atoms with van der Waals surface area (Å²) in [5.74, 6) is -0.187. The first kappa shape index (κ1) is 16.6. The van der Waals surface area contributed by atoms with E-state index in [1.165, 1.54) is 25.0 Å². The number of rotatable bonds is 3. The molecule has 2 amide bonds. The number of benzene rings is 1. The van der Waals surface area contributed by atoms with E-state index in [-0.39, 0.29) is 11.8 Å². The molecule has 2 aliphatic heterocycles. The number of anilines is 1. The lowest BCUT2D eigenvalue weighted by atomic mass is 10.1. The Morgan fingerprint density at radius 2 is 1.64 bits per heavy atom. The quantitative estimate of drug-likeness (QED) is 0.913. The Morgan fingerprint density at radius 3 is 2.28 bits per heavy atom. The Bertz CT molecular complexity index is 588. The number of hydrogen-bond donors (Lipinski definition) is 1. The normalized spacial score (nSPS) is 22.9. The van der Waals surface area contributed by atoms with Crippen LogP contribution in [-0.2, 0) is 0 Å². The van der Waals surface area contributed by atoms with Crippen LogP contribution >= 0.6 is 0 Å². The Hall–Kier alpha value is -1.82. The van der Waals surface area contributed by atoms with Crippen LogP contribution in [0.15, 0.2) is 24.3 Å². The van der Waals surface area contributed by atoms with Crippen LogP contribution < -0.4 is 10.2 Å². The van der Waals surface area contributed by atoms with E-state index < -0.39 is 0 Å². The molecular weight excluding hydrogens is 319 g/mol. The van der Waals surface area contributed by atoms with Crippen LogP contribution in [0.1, 0.15) is 25.7 Å². The number of nitrogens with one attached hydrogen (secondary N) is 1. The summed E-state index contributed by atoms with van der Waals surface area (Å²) in [6.45, 7) is 5.59. The summed E-state index contributed by atoms with van der Waals surface area (Å²) in [5, 5.41) is 3.17. The largest absolute Gasteiger partial charge is 0.369 e. The van der Waals surface area contributed by atoms with E-state index in [0.29, 0.717) is 12.1 Å². The van der Waals surface area contributed by atoms with Gasteiger partial charge in [-0.2, -0.15) is 0 Å². The fraction of sp³-hybridized carbons (Fsp3) is 0.632. The molecule has 0 bridgehead atoms. The van der Waals surface area contributed by atoms with Crippen molar-refractivity contribution in [2.75, 3.05) is 44.2 Å². The predicted molar refractivity (Wildman–Crippen MR) is 96.3 cm³/mol. The number of urea groups is 1. The number of carbonyl (C=O) groups excluding carboxylic acids is 1.